The van der Waals surface area contributed by atoms with Gasteiger partial charge in [0.2, 0.25) is 0 Å². The van der Waals surface area contributed by atoms with Crippen molar-refractivity contribution in [1.82, 2.24) is 9.97 Å². The lowest BCUT2D eigenvalue weighted by Crippen LogP contribution is -1.97. The number of aromatic nitrogens is 2. The van der Waals surface area contributed by atoms with Crippen LogP contribution in [0.15, 0.2) is 36.7 Å². The zero-order chi connectivity index (χ0) is 13.0. The zero-order valence-electron chi connectivity index (χ0n) is 9.62. The molecule has 0 atom stereocenters. The number of nitrogens with one attached hydrogen (secondary N) is 2. The van der Waals surface area contributed by atoms with Crippen LogP contribution in [-0.2, 0) is 0 Å². The minimum Gasteiger partial charge on any atom is -0.373 e. The molecule has 0 aliphatic heterocycles. The molecule has 18 heavy (non-hydrogen) atoms. The van der Waals surface area contributed by atoms with Gasteiger partial charge in [-0.25, -0.2) is 9.97 Å². The Morgan fingerprint density at radius 1 is 1.11 bits per heavy atom. The van der Waals surface area contributed by atoms with E-state index < -0.39 is 4.92 Å². The van der Waals surface area contributed by atoms with E-state index in [0.29, 0.717) is 5.82 Å². The Balaban J connectivity index is 2.10. The summed E-state index contributed by atoms with van der Waals surface area (Å²) in [7, 11) is 1.79. The molecule has 0 fully saturated rings. The maximum absolute atomic E-state index is 10.5. The van der Waals surface area contributed by atoms with Crippen molar-refractivity contribution in [2.45, 2.75) is 0 Å². The lowest BCUT2D eigenvalue weighted by Gasteiger charge is -2.05. The lowest BCUT2D eigenvalue weighted by molar-refractivity contribution is -0.385. The molecule has 2 aromatic rings. The van der Waals surface area contributed by atoms with Crippen LogP contribution in [0.3, 0.4) is 0 Å². The van der Waals surface area contributed by atoms with Crippen molar-refractivity contribution in [2.75, 3.05) is 17.7 Å². The molecule has 2 heterocycles. The highest BCUT2D eigenvalue weighted by atomic mass is 16.6. The first kappa shape index (κ1) is 11.8. The summed E-state index contributed by atoms with van der Waals surface area (Å²) < 4.78 is 0. The van der Waals surface area contributed by atoms with Gasteiger partial charge in [0.05, 0.1) is 16.8 Å². The first-order chi connectivity index (χ1) is 8.69. The van der Waals surface area contributed by atoms with Gasteiger partial charge >= 0.3 is 0 Å². The largest absolute Gasteiger partial charge is 0.373 e. The second-order valence-corrected chi connectivity index (χ2v) is 3.47. The van der Waals surface area contributed by atoms with Gasteiger partial charge in [0.15, 0.2) is 0 Å². The van der Waals surface area contributed by atoms with Crippen LogP contribution < -0.4 is 10.6 Å². The second kappa shape index (κ2) is 5.09. The lowest BCUT2D eigenvalue weighted by atomic mass is 10.3. The summed E-state index contributed by atoms with van der Waals surface area (Å²) >= 11 is 0. The molecule has 0 saturated heterocycles. The van der Waals surface area contributed by atoms with Crippen molar-refractivity contribution in [3.63, 3.8) is 0 Å². The van der Waals surface area contributed by atoms with E-state index in [1.54, 1.807) is 19.3 Å². The van der Waals surface area contributed by atoms with E-state index >= 15 is 0 Å². The number of pyridine rings is 2. The number of nitro groups is 1. The Kier molecular flexibility index (Phi) is 3.33. The third-order valence-corrected chi connectivity index (χ3v) is 2.25. The molecular formula is C11H11N5O2. The first-order valence-corrected chi connectivity index (χ1v) is 5.20. The summed E-state index contributed by atoms with van der Waals surface area (Å²) in [6.07, 6.45) is 2.85. The minimum absolute atomic E-state index is 0.0378. The van der Waals surface area contributed by atoms with Gasteiger partial charge in [-0.1, -0.05) is 0 Å². The van der Waals surface area contributed by atoms with Gasteiger partial charge in [-0.3, -0.25) is 10.1 Å². The van der Waals surface area contributed by atoms with Crippen molar-refractivity contribution in [3.8, 4) is 0 Å². The topological polar surface area (TPSA) is 93.0 Å². The zero-order valence-corrected chi connectivity index (χ0v) is 9.62. The monoisotopic (exact) mass is 245 g/mol. The third-order valence-electron chi connectivity index (χ3n) is 2.25. The number of hydrogen-bond acceptors (Lipinski definition) is 6. The molecule has 0 amide bonds. The average molecular weight is 245 g/mol. The van der Waals surface area contributed by atoms with Crippen LogP contribution in [0.5, 0.6) is 0 Å². The molecule has 0 aliphatic rings. The van der Waals surface area contributed by atoms with E-state index in [1.165, 1.54) is 12.3 Å². The van der Waals surface area contributed by atoms with Gasteiger partial charge in [0.25, 0.3) is 5.69 Å². The summed E-state index contributed by atoms with van der Waals surface area (Å²) in [6, 6.07) is 6.59. The highest BCUT2D eigenvalue weighted by Crippen LogP contribution is 2.17. The first-order valence-electron chi connectivity index (χ1n) is 5.20. The van der Waals surface area contributed by atoms with Crippen LogP contribution in [0, 0.1) is 10.1 Å². The van der Waals surface area contributed by atoms with E-state index in [0.717, 1.165) is 11.5 Å². The summed E-state index contributed by atoms with van der Waals surface area (Å²) in [6.45, 7) is 0. The van der Waals surface area contributed by atoms with Crippen LogP contribution in [-0.4, -0.2) is 21.9 Å². The Labute approximate surface area is 103 Å². The van der Waals surface area contributed by atoms with E-state index in [9.17, 15) is 10.1 Å². The fourth-order valence-electron chi connectivity index (χ4n) is 1.33. The maximum Gasteiger partial charge on any atom is 0.287 e. The molecule has 0 spiro atoms. The molecule has 2 N–H and O–H groups in total. The summed E-state index contributed by atoms with van der Waals surface area (Å²) in [4.78, 5) is 18.1. The van der Waals surface area contributed by atoms with Crippen LogP contribution >= 0.6 is 0 Å². The SMILES string of the molecule is CNc1ccc(Nc2ccc([N+](=O)[O-])cn2)cn1. The predicted molar refractivity (Wildman–Crippen MR) is 68.0 cm³/mol. The smallest absolute Gasteiger partial charge is 0.287 e. The van der Waals surface area contributed by atoms with E-state index in [1.807, 2.05) is 12.1 Å². The molecule has 0 bridgehead atoms. The highest BCUT2D eigenvalue weighted by Gasteiger charge is 2.05. The Morgan fingerprint density at radius 2 is 1.83 bits per heavy atom. The predicted octanol–water partition coefficient (Wildman–Crippen LogP) is 2.17. The van der Waals surface area contributed by atoms with Gasteiger partial charge < -0.3 is 10.6 Å². The fraction of sp³-hybridized carbons (Fsp3) is 0.0909. The highest BCUT2D eigenvalue weighted by molar-refractivity contribution is 5.57. The summed E-state index contributed by atoms with van der Waals surface area (Å²) in [5.41, 5.74) is 0.722. The molecule has 2 rings (SSSR count). The molecule has 7 heteroatoms. The molecule has 0 unspecified atom stereocenters. The van der Waals surface area contributed by atoms with Crippen molar-refractivity contribution >= 4 is 23.0 Å². The molecule has 0 aromatic carbocycles. The second-order valence-electron chi connectivity index (χ2n) is 3.47. The standard InChI is InChI=1S/C11H11N5O2/c1-12-10-4-2-8(6-13-10)15-11-5-3-9(7-14-11)16(17)18/h2-7H,1H3,(H,12,13)(H,14,15). The van der Waals surface area contributed by atoms with Crippen molar-refractivity contribution in [3.05, 3.63) is 46.8 Å². The maximum atomic E-state index is 10.5. The normalized spacial score (nSPS) is 9.83. The molecule has 0 radical (unpaired) electrons. The van der Waals surface area contributed by atoms with Gasteiger partial charge in [0, 0.05) is 13.1 Å². The van der Waals surface area contributed by atoms with Crippen LogP contribution in [0.25, 0.3) is 0 Å². The van der Waals surface area contributed by atoms with Gasteiger partial charge in [0.1, 0.15) is 17.8 Å². The molecule has 2 aromatic heterocycles. The van der Waals surface area contributed by atoms with Crippen molar-refractivity contribution in [1.29, 1.82) is 0 Å². The third kappa shape index (κ3) is 2.70. The fourth-order valence-corrected chi connectivity index (χ4v) is 1.33. The molecule has 92 valence electrons. The molecule has 0 aliphatic carbocycles. The van der Waals surface area contributed by atoms with Crippen molar-refractivity contribution < 1.29 is 4.92 Å². The van der Waals surface area contributed by atoms with Crippen molar-refractivity contribution in [2.24, 2.45) is 0 Å². The van der Waals surface area contributed by atoms with Gasteiger partial charge in [-0.05, 0) is 18.2 Å². The van der Waals surface area contributed by atoms with Gasteiger partial charge in [-0.15, -0.1) is 0 Å². The molecular weight excluding hydrogens is 234 g/mol. The van der Waals surface area contributed by atoms with Crippen LogP contribution in [0.2, 0.25) is 0 Å². The molecule has 7 nitrogen and oxygen atoms in total. The number of nitrogens with zero attached hydrogens (tertiary/aromatic N) is 3. The van der Waals surface area contributed by atoms with E-state index in [4.69, 9.17) is 0 Å². The van der Waals surface area contributed by atoms with Gasteiger partial charge in [-0.2, -0.15) is 0 Å². The van der Waals surface area contributed by atoms with Crippen LogP contribution in [0.4, 0.5) is 23.0 Å². The quantitative estimate of drug-likeness (QED) is 0.633. The average Bonchev–Trinajstić information content (AvgIpc) is 2.40. The number of rotatable bonds is 4. The summed E-state index contributed by atoms with van der Waals surface area (Å²) in [5, 5.41) is 16.4. The Bertz CT molecular complexity index is 538. The number of hydrogen-bond donors (Lipinski definition) is 2. The minimum atomic E-state index is -0.486. The number of anilines is 3. The molecule has 0 saturated carbocycles. The Morgan fingerprint density at radius 3 is 2.33 bits per heavy atom. The van der Waals surface area contributed by atoms with E-state index in [-0.39, 0.29) is 5.69 Å². The Hall–Kier alpha value is -2.70. The summed E-state index contributed by atoms with van der Waals surface area (Å²) in [5.74, 6) is 1.29. The van der Waals surface area contributed by atoms with E-state index in [2.05, 4.69) is 20.6 Å². The van der Waals surface area contributed by atoms with Crippen LogP contribution in [0.1, 0.15) is 0 Å².